The van der Waals surface area contributed by atoms with Gasteiger partial charge in [-0.25, -0.2) is 4.57 Å². The van der Waals surface area contributed by atoms with Gasteiger partial charge in [0, 0.05) is 19.6 Å². The van der Waals surface area contributed by atoms with Crippen molar-refractivity contribution in [2.45, 2.75) is 129 Å². The molecule has 0 aromatic heterocycles. The first-order chi connectivity index (χ1) is 20.9. The van der Waals surface area contributed by atoms with Crippen molar-refractivity contribution in [3.05, 3.63) is 48.6 Å². The summed E-state index contributed by atoms with van der Waals surface area (Å²) in [6.45, 7) is 4.67. The van der Waals surface area contributed by atoms with E-state index in [0.29, 0.717) is 13.0 Å². The summed E-state index contributed by atoms with van der Waals surface area (Å²) in [5.74, 6) is -0.350. The molecule has 0 fully saturated rings. The van der Waals surface area contributed by atoms with Crippen LogP contribution in [0, 0.1) is 0 Å². The summed E-state index contributed by atoms with van der Waals surface area (Å²) in [6.07, 6.45) is 34.3. The van der Waals surface area contributed by atoms with Gasteiger partial charge in [0.15, 0.2) is 0 Å². The van der Waals surface area contributed by atoms with Crippen molar-refractivity contribution in [1.29, 1.82) is 0 Å². The lowest BCUT2D eigenvalue weighted by atomic mass is 10.1. The lowest BCUT2D eigenvalue weighted by Gasteiger charge is -2.20. The summed E-state index contributed by atoms with van der Waals surface area (Å²) >= 11 is 0. The third kappa shape index (κ3) is 31.7. The number of rotatable bonds is 31. The first kappa shape index (κ1) is 41.5. The maximum absolute atomic E-state index is 12.3. The molecule has 0 aromatic carbocycles. The van der Waals surface area contributed by atoms with Gasteiger partial charge >= 0.3 is 13.8 Å². The number of nitrogens with two attached hydrogens (primary N) is 1. The molecule has 0 bridgehead atoms. The molecular formula is C34H62NO7P. The highest BCUT2D eigenvalue weighted by molar-refractivity contribution is 7.47. The van der Waals surface area contributed by atoms with Crippen LogP contribution in [0.1, 0.15) is 123 Å². The van der Waals surface area contributed by atoms with E-state index in [4.69, 9.17) is 24.3 Å². The van der Waals surface area contributed by atoms with Crippen LogP contribution in [0.25, 0.3) is 0 Å². The Morgan fingerprint density at radius 2 is 1.30 bits per heavy atom. The van der Waals surface area contributed by atoms with Crippen LogP contribution in [0.3, 0.4) is 0 Å². The molecule has 43 heavy (non-hydrogen) atoms. The largest absolute Gasteiger partial charge is 0.472 e. The molecule has 0 amide bonds. The van der Waals surface area contributed by atoms with Gasteiger partial charge in [-0.05, 0) is 51.4 Å². The molecule has 250 valence electrons. The van der Waals surface area contributed by atoms with E-state index in [2.05, 4.69) is 62.5 Å². The Balaban J connectivity index is 4.07. The van der Waals surface area contributed by atoms with Gasteiger partial charge in [-0.15, -0.1) is 0 Å². The van der Waals surface area contributed by atoms with Crippen molar-refractivity contribution in [3.63, 3.8) is 0 Å². The second-order valence-electron chi connectivity index (χ2n) is 10.6. The zero-order valence-corrected chi connectivity index (χ0v) is 28.1. The number of carbonyl (C=O) groups is 1. The number of allylic oxidation sites excluding steroid dienone is 8. The Kier molecular flexibility index (Phi) is 30.7. The number of esters is 1. The van der Waals surface area contributed by atoms with Crippen LogP contribution in [0.2, 0.25) is 0 Å². The molecule has 2 unspecified atom stereocenters. The molecule has 0 aliphatic rings. The lowest BCUT2D eigenvalue weighted by molar-refractivity contribution is -0.154. The average molecular weight is 628 g/mol. The van der Waals surface area contributed by atoms with Crippen molar-refractivity contribution in [2.75, 3.05) is 33.0 Å². The Morgan fingerprint density at radius 1 is 0.721 bits per heavy atom. The zero-order chi connectivity index (χ0) is 31.7. The van der Waals surface area contributed by atoms with Crippen LogP contribution in [0.4, 0.5) is 0 Å². The minimum Gasteiger partial charge on any atom is -0.457 e. The van der Waals surface area contributed by atoms with E-state index in [1.807, 2.05) is 0 Å². The van der Waals surface area contributed by atoms with Crippen LogP contribution >= 0.6 is 7.82 Å². The Labute approximate surface area is 262 Å². The van der Waals surface area contributed by atoms with E-state index in [9.17, 15) is 14.3 Å². The molecule has 3 N–H and O–H groups in total. The van der Waals surface area contributed by atoms with Gasteiger partial charge in [0.1, 0.15) is 6.10 Å². The van der Waals surface area contributed by atoms with Gasteiger partial charge in [-0.1, -0.05) is 114 Å². The van der Waals surface area contributed by atoms with Crippen LogP contribution in [-0.2, 0) is 27.9 Å². The van der Waals surface area contributed by atoms with Crippen molar-refractivity contribution in [2.24, 2.45) is 5.73 Å². The summed E-state index contributed by atoms with van der Waals surface area (Å²) in [7, 11) is -4.26. The molecular weight excluding hydrogens is 565 g/mol. The molecule has 0 saturated heterocycles. The molecule has 0 spiro atoms. The quantitative estimate of drug-likeness (QED) is 0.0339. The number of phosphoric acid groups is 1. The molecule has 0 radical (unpaired) electrons. The number of ether oxygens (including phenoxy) is 2. The third-order valence-corrected chi connectivity index (χ3v) is 7.49. The van der Waals surface area contributed by atoms with E-state index in [1.165, 1.54) is 32.1 Å². The predicted octanol–water partition coefficient (Wildman–Crippen LogP) is 8.90. The number of carbonyl (C=O) groups excluding carboxylic acids is 1. The van der Waals surface area contributed by atoms with E-state index < -0.39 is 13.9 Å². The standard InChI is InChI=1S/C34H62NO7P/c1-3-5-7-9-11-12-13-14-15-16-17-18-19-20-21-22-24-26-29-39-31-33(32-41-43(37,38)40-30-28-35)42-34(36)27-25-23-10-8-6-4-2/h5,7,11-12,14-15,17-18,33H,3-4,6,8-10,13,16,19-32,35H2,1-2H3,(H,37,38)/b7-5-,12-11-,15-14-,18-17-. The SMILES string of the molecule is CC/C=C\C/C=C\C/C=C\C/C=C\CCCCCCCOCC(COP(=O)(O)OCCN)OC(=O)CCCCCCCC. The average Bonchev–Trinajstić information content (AvgIpc) is 2.99. The summed E-state index contributed by atoms with van der Waals surface area (Å²) in [5.41, 5.74) is 5.32. The molecule has 2 atom stereocenters. The fraction of sp³-hybridized carbons (Fsp3) is 0.735. The molecule has 9 heteroatoms. The number of hydrogen-bond acceptors (Lipinski definition) is 7. The fourth-order valence-corrected chi connectivity index (χ4v) is 4.87. The van der Waals surface area contributed by atoms with Crippen LogP contribution in [-0.4, -0.2) is 49.9 Å². The number of hydrogen-bond donors (Lipinski definition) is 2. The Bertz CT molecular complexity index is 798. The van der Waals surface area contributed by atoms with Crippen molar-refractivity contribution >= 4 is 13.8 Å². The van der Waals surface area contributed by atoms with Gasteiger partial charge in [-0.2, -0.15) is 0 Å². The van der Waals surface area contributed by atoms with Gasteiger partial charge in [0.25, 0.3) is 0 Å². The maximum atomic E-state index is 12.3. The monoisotopic (exact) mass is 627 g/mol. The first-order valence-electron chi connectivity index (χ1n) is 16.6. The smallest absolute Gasteiger partial charge is 0.457 e. The first-order valence-corrected chi connectivity index (χ1v) is 18.1. The summed E-state index contributed by atoms with van der Waals surface area (Å²) in [4.78, 5) is 22.1. The molecule has 0 heterocycles. The van der Waals surface area contributed by atoms with Crippen LogP contribution in [0.5, 0.6) is 0 Å². The highest BCUT2D eigenvalue weighted by atomic mass is 31.2. The third-order valence-electron chi connectivity index (χ3n) is 6.51. The molecule has 0 saturated carbocycles. The summed E-state index contributed by atoms with van der Waals surface area (Å²) < 4.78 is 33.0. The fourth-order valence-electron chi connectivity index (χ4n) is 4.10. The van der Waals surface area contributed by atoms with Gasteiger partial charge in [0.2, 0.25) is 0 Å². The highest BCUT2D eigenvalue weighted by Crippen LogP contribution is 2.43. The normalized spacial score (nSPS) is 14.4. The van der Waals surface area contributed by atoms with Gasteiger partial charge < -0.3 is 20.1 Å². The van der Waals surface area contributed by atoms with E-state index >= 15 is 0 Å². The Hall–Kier alpha value is -1.54. The number of phosphoric ester groups is 1. The Morgan fingerprint density at radius 3 is 1.95 bits per heavy atom. The molecule has 8 nitrogen and oxygen atoms in total. The molecule has 0 aromatic rings. The van der Waals surface area contributed by atoms with Crippen molar-refractivity contribution < 1.29 is 32.8 Å². The summed E-state index contributed by atoms with van der Waals surface area (Å²) in [6, 6.07) is 0. The molecule has 0 rings (SSSR count). The second kappa shape index (κ2) is 31.9. The summed E-state index contributed by atoms with van der Waals surface area (Å²) in [5, 5.41) is 0. The minimum atomic E-state index is -4.26. The maximum Gasteiger partial charge on any atom is 0.472 e. The van der Waals surface area contributed by atoms with E-state index in [1.54, 1.807) is 0 Å². The minimum absolute atomic E-state index is 0.0954. The lowest BCUT2D eigenvalue weighted by Crippen LogP contribution is -2.28. The molecule has 0 aliphatic heterocycles. The topological polar surface area (TPSA) is 117 Å². The second-order valence-corrected chi connectivity index (χ2v) is 12.1. The van der Waals surface area contributed by atoms with Crippen LogP contribution < -0.4 is 5.73 Å². The zero-order valence-electron chi connectivity index (χ0n) is 27.2. The van der Waals surface area contributed by atoms with Crippen molar-refractivity contribution in [1.82, 2.24) is 0 Å². The van der Waals surface area contributed by atoms with Crippen LogP contribution in [0.15, 0.2) is 48.6 Å². The van der Waals surface area contributed by atoms with Crippen molar-refractivity contribution in [3.8, 4) is 0 Å². The number of unbranched alkanes of at least 4 members (excludes halogenated alkanes) is 10. The predicted molar refractivity (Wildman–Crippen MR) is 178 cm³/mol. The van der Waals surface area contributed by atoms with Gasteiger partial charge in [0.05, 0.1) is 19.8 Å². The van der Waals surface area contributed by atoms with Gasteiger partial charge in [-0.3, -0.25) is 13.8 Å². The molecule has 0 aliphatic carbocycles. The van der Waals surface area contributed by atoms with E-state index in [0.717, 1.165) is 70.6 Å². The van der Waals surface area contributed by atoms with E-state index in [-0.39, 0.29) is 32.3 Å². The highest BCUT2D eigenvalue weighted by Gasteiger charge is 2.25.